The van der Waals surface area contributed by atoms with Crippen LogP contribution in [0.25, 0.3) is 11.0 Å². The van der Waals surface area contributed by atoms with E-state index >= 15 is 0 Å². The molecule has 0 bridgehead atoms. The molecular formula is C23H31N4O+. The molecule has 28 heavy (non-hydrogen) atoms. The Morgan fingerprint density at radius 1 is 1.14 bits per heavy atom. The molecule has 1 N–H and O–H groups in total. The van der Waals surface area contributed by atoms with E-state index in [4.69, 9.17) is 9.72 Å². The van der Waals surface area contributed by atoms with Crippen LogP contribution in [0.4, 0.5) is 5.95 Å². The summed E-state index contributed by atoms with van der Waals surface area (Å²) >= 11 is 0. The molecule has 1 unspecified atom stereocenters. The first kappa shape index (κ1) is 18.8. The van der Waals surface area contributed by atoms with Crippen molar-refractivity contribution in [2.45, 2.75) is 39.8 Å². The molecule has 2 heterocycles. The van der Waals surface area contributed by atoms with Gasteiger partial charge in [-0.1, -0.05) is 43.2 Å². The summed E-state index contributed by atoms with van der Waals surface area (Å²) in [7, 11) is 1.76. The van der Waals surface area contributed by atoms with Crippen LogP contribution in [0.15, 0.2) is 42.5 Å². The molecule has 2 aromatic carbocycles. The SMILES string of the molecule is CCCCN1C[NH+](CCc2cc(C)ccc2OC)Cn2c1nc1ccccc12. The molecule has 1 aromatic heterocycles. The van der Waals surface area contributed by atoms with Crippen molar-refractivity contribution in [3.8, 4) is 5.75 Å². The van der Waals surface area contributed by atoms with Gasteiger partial charge in [-0.15, -0.1) is 0 Å². The van der Waals surface area contributed by atoms with Gasteiger partial charge >= 0.3 is 0 Å². The van der Waals surface area contributed by atoms with Crippen molar-refractivity contribution in [3.63, 3.8) is 0 Å². The van der Waals surface area contributed by atoms with E-state index < -0.39 is 0 Å². The summed E-state index contributed by atoms with van der Waals surface area (Å²) in [4.78, 5) is 8.97. The Morgan fingerprint density at radius 2 is 2.00 bits per heavy atom. The van der Waals surface area contributed by atoms with Gasteiger partial charge in [0.15, 0.2) is 13.3 Å². The Balaban J connectivity index is 1.57. The van der Waals surface area contributed by atoms with Gasteiger partial charge < -0.3 is 9.64 Å². The van der Waals surface area contributed by atoms with Gasteiger partial charge in [-0.05, 0) is 37.1 Å². The number of hydrogen-bond donors (Lipinski definition) is 1. The van der Waals surface area contributed by atoms with E-state index in [2.05, 4.69) is 65.8 Å². The topological polar surface area (TPSA) is 34.7 Å². The van der Waals surface area contributed by atoms with Gasteiger partial charge in [-0.2, -0.15) is 0 Å². The largest absolute Gasteiger partial charge is 0.496 e. The maximum Gasteiger partial charge on any atom is 0.215 e. The van der Waals surface area contributed by atoms with Gasteiger partial charge in [0.05, 0.1) is 24.7 Å². The van der Waals surface area contributed by atoms with Crippen molar-refractivity contribution in [1.29, 1.82) is 0 Å². The Hall–Kier alpha value is -2.53. The monoisotopic (exact) mass is 379 g/mol. The highest BCUT2D eigenvalue weighted by Gasteiger charge is 2.28. The number of benzene rings is 2. The summed E-state index contributed by atoms with van der Waals surface area (Å²) in [5.41, 5.74) is 4.93. The van der Waals surface area contributed by atoms with E-state index in [9.17, 15) is 0 Å². The zero-order chi connectivity index (χ0) is 19.5. The van der Waals surface area contributed by atoms with Crippen molar-refractivity contribution in [2.24, 2.45) is 0 Å². The first-order valence-corrected chi connectivity index (χ1v) is 10.4. The minimum atomic E-state index is 0.965. The number of methoxy groups -OCH3 is 1. The van der Waals surface area contributed by atoms with Crippen molar-refractivity contribution >= 4 is 17.0 Å². The number of para-hydroxylation sites is 2. The molecule has 3 aromatic rings. The number of anilines is 1. The van der Waals surface area contributed by atoms with Crippen LogP contribution in [0.5, 0.6) is 5.75 Å². The molecule has 0 amide bonds. The molecule has 148 valence electrons. The minimum Gasteiger partial charge on any atom is -0.496 e. The predicted molar refractivity (Wildman–Crippen MR) is 114 cm³/mol. The van der Waals surface area contributed by atoms with E-state index in [0.717, 1.165) is 50.1 Å². The molecule has 5 nitrogen and oxygen atoms in total. The molecule has 5 heteroatoms. The first-order valence-electron chi connectivity index (χ1n) is 10.4. The number of imidazole rings is 1. The lowest BCUT2D eigenvalue weighted by molar-refractivity contribution is -0.924. The fourth-order valence-electron chi connectivity index (χ4n) is 4.17. The van der Waals surface area contributed by atoms with Gasteiger partial charge in [0.25, 0.3) is 0 Å². The number of aromatic nitrogens is 2. The van der Waals surface area contributed by atoms with Crippen molar-refractivity contribution < 1.29 is 9.64 Å². The second kappa shape index (κ2) is 8.23. The van der Waals surface area contributed by atoms with Gasteiger partial charge in [-0.3, -0.25) is 9.47 Å². The Bertz CT molecular complexity index is 949. The van der Waals surface area contributed by atoms with Crippen LogP contribution in [-0.4, -0.2) is 36.4 Å². The van der Waals surface area contributed by atoms with Crippen LogP contribution in [0.2, 0.25) is 0 Å². The summed E-state index contributed by atoms with van der Waals surface area (Å²) in [5, 5.41) is 0. The average Bonchev–Trinajstić information content (AvgIpc) is 3.09. The summed E-state index contributed by atoms with van der Waals surface area (Å²) in [6, 6.07) is 15.0. The van der Waals surface area contributed by atoms with Crippen molar-refractivity contribution in [2.75, 3.05) is 31.8 Å². The molecule has 0 radical (unpaired) electrons. The third-order valence-corrected chi connectivity index (χ3v) is 5.68. The van der Waals surface area contributed by atoms with E-state index in [1.807, 2.05) is 0 Å². The molecule has 1 atom stereocenters. The number of nitrogens with zero attached hydrogens (tertiary/aromatic N) is 3. The third kappa shape index (κ3) is 3.72. The number of quaternary nitrogens is 1. The minimum absolute atomic E-state index is 0.965. The molecule has 0 aliphatic carbocycles. The van der Waals surface area contributed by atoms with Crippen LogP contribution in [0.3, 0.4) is 0 Å². The number of ether oxygens (including phenoxy) is 1. The van der Waals surface area contributed by atoms with Crippen LogP contribution < -0.4 is 14.5 Å². The second-order valence-electron chi connectivity index (χ2n) is 7.83. The fourth-order valence-corrected chi connectivity index (χ4v) is 4.17. The maximum atomic E-state index is 5.58. The summed E-state index contributed by atoms with van der Waals surface area (Å²) in [6.07, 6.45) is 3.42. The highest BCUT2D eigenvalue weighted by molar-refractivity contribution is 5.78. The summed E-state index contributed by atoms with van der Waals surface area (Å²) < 4.78 is 7.98. The molecule has 1 aliphatic rings. The molecule has 1 aliphatic heterocycles. The van der Waals surface area contributed by atoms with Crippen LogP contribution in [0, 0.1) is 6.92 Å². The lowest BCUT2D eigenvalue weighted by atomic mass is 10.1. The van der Waals surface area contributed by atoms with E-state index in [-0.39, 0.29) is 0 Å². The smallest absolute Gasteiger partial charge is 0.215 e. The van der Waals surface area contributed by atoms with Gasteiger partial charge in [0, 0.05) is 13.0 Å². The molecule has 0 fully saturated rings. The van der Waals surface area contributed by atoms with E-state index in [0.29, 0.717) is 0 Å². The number of hydrogen-bond acceptors (Lipinski definition) is 3. The van der Waals surface area contributed by atoms with Gasteiger partial charge in [0.1, 0.15) is 5.75 Å². The van der Waals surface area contributed by atoms with Crippen LogP contribution in [0.1, 0.15) is 30.9 Å². The normalized spacial score (nSPS) is 16.4. The fraction of sp³-hybridized carbons (Fsp3) is 0.435. The summed E-state index contributed by atoms with van der Waals surface area (Å²) in [6.45, 7) is 8.52. The highest BCUT2D eigenvalue weighted by Crippen LogP contribution is 2.24. The standard InChI is InChI=1S/C23H30N4O/c1-4-5-13-26-16-25(14-12-19-15-18(2)10-11-22(19)28-3)17-27-21-9-7-6-8-20(21)24-23(26)27/h6-11,15H,4-5,12-14,16-17H2,1-3H3/p+1. The lowest BCUT2D eigenvalue weighted by Gasteiger charge is -2.34. The van der Waals surface area contributed by atoms with E-state index in [1.54, 1.807) is 12.0 Å². The zero-order valence-electron chi connectivity index (χ0n) is 17.2. The van der Waals surface area contributed by atoms with Crippen molar-refractivity contribution in [3.05, 3.63) is 53.6 Å². The molecule has 0 saturated heterocycles. The number of rotatable bonds is 7. The summed E-state index contributed by atoms with van der Waals surface area (Å²) in [5.74, 6) is 2.13. The molecular weight excluding hydrogens is 348 g/mol. The average molecular weight is 380 g/mol. The second-order valence-corrected chi connectivity index (χ2v) is 7.83. The number of nitrogens with one attached hydrogen (secondary N) is 1. The number of unbranched alkanes of at least 4 members (excludes halogenated alkanes) is 1. The van der Waals surface area contributed by atoms with Gasteiger partial charge in [0.2, 0.25) is 5.95 Å². The molecule has 0 spiro atoms. The van der Waals surface area contributed by atoms with Crippen LogP contribution >= 0.6 is 0 Å². The Morgan fingerprint density at radius 3 is 2.82 bits per heavy atom. The molecule has 4 rings (SSSR count). The number of fused-ring (bicyclic) bond motifs is 3. The third-order valence-electron chi connectivity index (χ3n) is 5.68. The van der Waals surface area contributed by atoms with Gasteiger partial charge in [-0.25, -0.2) is 4.98 Å². The van der Waals surface area contributed by atoms with Crippen molar-refractivity contribution in [1.82, 2.24) is 9.55 Å². The molecule has 0 saturated carbocycles. The number of aryl methyl sites for hydroxylation is 1. The van der Waals surface area contributed by atoms with Crippen LogP contribution in [-0.2, 0) is 13.1 Å². The maximum absolute atomic E-state index is 5.58. The Kier molecular flexibility index (Phi) is 5.53. The first-order chi connectivity index (χ1) is 13.7. The predicted octanol–water partition coefficient (Wildman–Crippen LogP) is 3.02. The lowest BCUT2D eigenvalue weighted by Crippen LogP contribution is -3.14. The Labute approximate surface area is 167 Å². The highest BCUT2D eigenvalue weighted by atomic mass is 16.5. The zero-order valence-corrected chi connectivity index (χ0v) is 17.2. The van der Waals surface area contributed by atoms with E-state index in [1.165, 1.54) is 29.5 Å². The quantitative estimate of drug-likeness (QED) is 0.685.